The first-order valence-corrected chi connectivity index (χ1v) is 21.0. The summed E-state index contributed by atoms with van der Waals surface area (Å²) >= 11 is 0. The number of aliphatic carboxylic acids is 1. The molecular formula is C40H70O18. The third-order valence-corrected chi connectivity index (χ3v) is 10.2. The van der Waals surface area contributed by atoms with Crippen LogP contribution < -0.4 is 0 Å². The summed E-state index contributed by atoms with van der Waals surface area (Å²) in [6.07, 6.45) is -4.29. The highest BCUT2D eigenvalue weighted by atomic mass is 16.8. The van der Waals surface area contributed by atoms with Gasteiger partial charge in [0, 0.05) is 20.3 Å². The first-order valence-electron chi connectivity index (χ1n) is 21.0. The van der Waals surface area contributed by atoms with E-state index in [1.807, 2.05) is 0 Å². The average molecular weight is 839 g/mol. The zero-order chi connectivity index (χ0) is 43.0. The lowest BCUT2D eigenvalue weighted by Gasteiger charge is -2.46. The Morgan fingerprint density at radius 3 is 1.67 bits per heavy atom. The van der Waals surface area contributed by atoms with E-state index in [4.69, 9.17) is 38.3 Å². The number of esters is 3. The molecule has 2 heterocycles. The molecule has 18 nitrogen and oxygen atoms in total. The fraction of sp³-hybridized carbons (Fsp3) is 0.900. The maximum atomic E-state index is 12.8. The third kappa shape index (κ3) is 20.2. The number of hydrogen-bond acceptors (Lipinski definition) is 17. The first-order chi connectivity index (χ1) is 27.6. The zero-order valence-electron chi connectivity index (χ0n) is 34.4. The van der Waals surface area contributed by atoms with Crippen LogP contribution in [-0.4, -0.2) is 153 Å². The second kappa shape index (κ2) is 28.9. The summed E-state index contributed by atoms with van der Waals surface area (Å²) in [6, 6.07) is 0. The van der Waals surface area contributed by atoms with Gasteiger partial charge in [0.2, 0.25) is 0 Å². The average Bonchev–Trinajstić information content (AvgIpc) is 3.16. The summed E-state index contributed by atoms with van der Waals surface area (Å²) in [6.45, 7) is 3.11. The fourth-order valence-electron chi connectivity index (χ4n) is 6.85. The van der Waals surface area contributed by atoms with Crippen molar-refractivity contribution < 1.29 is 88.1 Å². The van der Waals surface area contributed by atoms with Crippen molar-refractivity contribution in [1.82, 2.24) is 0 Å². The lowest BCUT2D eigenvalue weighted by Crippen LogP contribution is -2.65. The molecule has 0 saturated carbocycles. The topological polar surface area (TPSA) is 274 Å². The number of ether oxygens (including phenoxy) is 7. The summed E-state index contributed by atoms with van der Waals surface area (Å²) in [5.74, 6) is -3.09. The summed E-state index contributed by atoms with van der Waals surface area (Å²) < 4.78 is 39.1. The highest BCUT2D eigenvalue weighted by molar-refractivity contribution is 5.69. The maximum absolute atomic E-state index is 12.8. The van der Waals surface area contributed by atoms with Crippen LogP contribution in [0.3, 0.4) is 0 Å². The number of unbranched alkanes of at least 4 members (excludes halogenated alkanes) is 12. The Labute approximate surface area is 341 Å². The van der Waals surface area contributed by atoms with E-state index >= 15 is 0 Å². The van der Waals surface area contributed by atoms with Crippen LogP contribution in [0.25, 0.3) is 0 Å². The molecule has 2 fully saturated rings. The largest absolute Gasteiger partial charge is 0.481 e. The van der Waals surface area contributed by atoms with Gasteiger partial charge >= 0.3 is 23.9 Å². The molecule has 7 N–H and O–H groups in total. The molecule has 0 aromatic carbocycles. The van der Waals surface area contributed by atoms with Crippen molar-refractivity contribution in [1.29, 1.82) is 0 Å². The van der Waals surface area contributed by atoms with Crippen LogP contribution >= 0.6 is 0 Å². The normalized spacial score (nSPS) is 28.4. The van der Waals surface area contributed by atoms with Crippen LogP contribution in [0.15, 0.2) is 0 Å². The van der Waals surface area contributed by atoms with Gasteiger partial charge < -0.3 is 68.9 Å². The SMILES string of the molecule is CCCCCCCC(=O)O[C@H]1[C@H](O[C@H]2[C@H](O)[C@@H](O)[C@H](OC[C@@H](O)CCCCCCCCCCC[C@@H](O)CC(=O)O)O[C@@H]2COC(C)=O)O[C@H](COC(C)=O)[C@@H](O)[C@@H]1O. The highest BCUT2D eigenvalue weighted by Gasteiger charge is 2.53. The lowest BCUT2D eigenvalue weighted by atomic mass is 9.96. The van der Waals surface area contributed by atoms with E-state index in [-0.39, 0.29) is 19.4 Å². The van der Waals surface area contributed by atoms with Crippen molar-refractivity contribution in [2.75, 3.05) is 19.8 Å². The monoisotopic (exact) mass is 838 g/mol. The van der Waals surface area contributed by atoms with Crippen molar-refractivity contribution in [2.24, 2.45) is 0 Å². The summed E-state index contributed by atoms with van der Waals surface area (Å²) in [7, 11) is 0. The van der Waals surface area contributed by atoms with Crippen LogP contribution in [0.1, 0.15) is 136 Å². The molecule has 58 heavy (non-hydrogen) atoms. The van der Waals surface area contributed by atoms with E-state index in [0.29, 0.717) is 19.3 Å². The Bertz CT molecular complexity index is 1170. The molecule has 18 heteroatoms. The van der Waals surface area contributed by atoms with Gasteiger partial charge in [0.15, 0.2) is 18.7 Å². The van der Waals surface area contributed by atoms with Crippen LogP contribution in [-0.2, 0) is 52.3 Å². The Hall–Kier alpha value is -2.52. The number of aliphatic hydroxyl groups is 6. The van der Waals surface area contributed by atoms with Crippen molar-refractivity contribution >= 4 is 23.9 Å². The third-order valence-electron chi connectivity index (χ3n) is 10.2. The Morgan fingerprint density at radius 2 is 1.10 bits per heavy atom. The molecular weight excluding hydrogens is 768 g/mol. The Balaban J connectivity index is 1.94. The number of carbonyl (C=O) groups excluding carboxylic acids is 3. The first kappa shape index (κ1) is 51.6. The molecule has 0 radical (unpaired) electrons. The Kier molecular flexibility index (Phi) is 25.7. The van der Waals surface area contributed by atoms with Gasteiger partial charge in [-0.2, -0.15) is 0 Å². The van der Waals surface area contributed by atoms with Gasteiger partial charge in [-0.3, -0.25) is 19.2 Å². The van der Waals surface area contributed by atoms with Gasteiger partial charge in [-0.05, 0) is 19.3 Å². The van der Waals surface area contributed by atoms with Crippen molar-refractivity contribution in [2.45, 2.75) is 210 Å². The number of rotatable bonds is 30. The molecule has 0 aromatic heterocycles. The number of carboxylic acids is 1. The molecule has 0 bridgehead atoms. The number of aliphatic hydroxyl groups excluding tert-OH is 6. The molecule has 2 aliphatic heterocycles. The molecule has 0 aliphatic carbocycles. The molecule has 12 atom stereocenters. The van der Waals surface area contributed by atoms with Gasteiger partial charge in [-0.15, -0.1) is 0 Å². The molecule has 0 unspecified atom stereocenters. The number of hydrogen-bond donors (Lipinski definition) is 7. The minimum atomic E-state index is -1.78. The second-order valence-electron chi connectivity index (χ2n) is 15.4. The van der Waals surface area contributed by atoms with E-state index < -0.39 is 111 Å². The van der Waals surface area contributed by atoms with E-state index in [1.165, 1.54) is 0 Å². The predicted octanol–water partition coefficient (Wildman–Crippen LogP) is 2.17. The van der Waals surface area contributed by atoms with Gasteiger partial charge in [-0.1, -0.05) is 90.4 Å². The van der Waals surface area contributed by atoms with Crippen molar-refractivity contribution in [3.8, 4) is 0 Å². The molecule has 2 aliphatic rings. The van der Waals surface area contributed by atoms with Crippen molar-refractivity contribution in [3.05, 3.63) is 0 Å². The minimum absolute atomic E-state index is 0.00885. The van der Waals surface area contributed by atoms with E-state index in [2.05, 4.69) is 6.92 Å². The van der Waals surface area contributed by atoms with Gasteiger partial charge in [0.05, 0.1) is 25.2 Å². The van der Waals surface area contributed by atoms with Crippen LogP contribution in [0.4, 0.5) is 0 Å². The van der Waals surface area contributed by atoms with Crippen LogP contribution in [0.5, 0.6) is 0 Å². The molecule has 0 aromatic rings. The molecule has 0 amide bonds. The molecule has 0 spiro atoms. The fourth-order valence-corrected chi connectivity index (χ4v) is 6.85. The van der Waals surface area contributed by atoms with Crippen LogP contribution in [0, 0.1) is 0 Å². The second-order valence-corrected chi connectivity index (χ2v) is 15.4. The summed E-state index contributed by atoms with van der Waals surface area (Å²) in [4.78, 5) is 46.7. The van der Waals surface area contributed by atoms with E-state index in [0.717, 1.165) is 97.3 Å². The van der Waals surface area contributed by atoms with E-state index in [1.54, 1.807) is 0 Å². The van der Waals surface area contributed by atoms with Gasteiger partial charge in [-0.25, -0.2) is 0 Å². The smallest absolute Gasteiger partial charge is 0.306 e. The molecule has 2 rings (SSSR count). The summed E-state index contributed by atoms with van der Waals surface area (Å²) in [5.41, 5.74) is 0. The summed E-state index contributed by atoms with van der Waals surface area (Å²) in [5, 5.41) is 73.1. The van der Waals surface area contributed by atoms with Gasteiger partial charge in [0.1, 0.15) is 55.9 Å². The highest BCUT2D eigenvalue weighted by Crippen LogP contribution is 2.32. The number of carboxylic acid groups (broad SMARTS) is 1. The standard InChI is InChI=1S/C40H70O18/c1-4-5-6-12-17-20-32(47)57-38-34(49)33(48)29(23-52-25(2)41)55-40(38)58-37-30(24-53-26(3)42)56-39(36(51)35(37)50)54-22-28(44)19-16-14-11-9-7-8-10-13-15-18-27(43)21-31(45)46/h27-30,33-40,43-44,48-51H,4-24H2,1-3H3,(H,45,46)/t27-,28+,29-,30-,33-,34+,35-,36-,37-,38-,39-,40+/m1/s1. The maximum Gasteiger partial charge on any atom is 0.306 e. The Morgan fingerprint density at radius 1 is 0.603 bits per heavy atom. The van der Waals surface area contributed by atoms with E-state index in [9.17, 15) is 49.8 Å². The van der Waals surface area contributed by atoms with Crippen molar-refractivity contribution in [3.63, 3.8) is 0 Å². The zero-order valence-corrected chi connectivity index (χ0v) is 34.4. The number of carbonyl (C=O) groups is 4. The lowest BCUT2D eigenvalue weighted by molar-refractivity contribution is -0.361. The minimum Gasteiger partial charge on any atom is -0.481 e. The van der Waals surface area contributed by atoms with Crippen LogP contribution in [0.2, 0.25) is 0 Å². The molecule has 2 saturated heterocycles. The predicted molar refractivity (Wildman–Crippen MR) is 204 cm³/mol. The van der Waals surface area contributed by atoms with Gasteiger partial charge in [0.25, 0.3) is 0 Å². The quantitative estimate of drug-likeness (QED) is 0.0310. The molecule has 338 valence electrons.